The van der Waals surface area contributed by atoms with E-state index >= 15 is 0 Å². The molecule has 112 valence electrons. The Bertz CT molecular complexity index is 677. The number of amides is 1. The van der Waals surface area contributed by atoms with Crippen molar-refractivity contribution in [2.45, 2.75) is 25.5 Å². The number of cyclic esters (lactones) is 1. The summed E-state index contributed by atoms with van der Waals surface area (Å²) in [5.74, 6) is 0. The second-order valence-electron chi connectivity index (χ2n) is 5.92. The van der Waals surface area contributed by atoms with Crippen molar-refractivity contribution in [1.29, 1.82) is 0 Å². The van der Waals surface area contributed by atoms with Gasteiger partial charge in [0, 0.05) is 6.20 Å². The van der Waals surface area contributed by atoms with Crippen LogP contribution in [0.15, 0.2) is 66.9 Å². The summed E-state index contributed by atoms with van der Waals surface area (Å²) in [6, 6.07) is 19.8. The molecule has 22 heavy (non-hydrogen) atoms. The number of nitrogens with zero attached hydrogens (tertiary/aromatic N) is 1. The van der Waals surface area contributed by atoms with Crippen LogP contribution < -0.4 is 0 Å². The van der Waals surface area contributed by atoms with Crippen LogP contribution >= 0.6 is 0 Å². The fourth-order valence-electron chi connectivity index (χ4n) is 2.85. The maximum Gasteiger partial charge on any atom is 0.415 e. The largest absolute Gasteiger partial charge is 0.441 e. The predicted molar refractivity (Wildman–Crippen MR) is 87.1 cm³/mol. The molecule has 3 rings (SSSR count). The molecule has 3 heteroatoms. The van der Waals surface area contributed by atoms with E-state index in [1.165, 1.54) is 0 Å². The Morgan fingerprint density at radius 2 is 1.59 bits per heavy atom. The molecule has 1 aliphatic heterocycles. The lowest BCUT2D eigenvalue weighted by atomic mass is 9.92. The van der Waals surface area contributed by atoms with Crippen molar-refractivity contribution in [3.63, 3.8) is 0 Å². The molecule has 1 fully saturated rings. The second kappa shape index (κ2) is 5.68. The van der Waals surface area contributed by atoms with Crippen molar-refractivity contribution in [3.8, 4) is 0 Å². The first-order valence-corrected chi connectivity index (χ1v) is 7.37. The highest BCUT2D eigenvalue weighted by atomic mass is 16.6. The number of ether oxygens (including phenoxy) is 1. The van der Waals surface area contributed by atoms with Gasteiger partial charge in [-0.3, -0.25) is 4.90 Å². The van der Waals surface area contributed by atoms with Crippen LogP contribution in [0.2, 0.25) is 0 Å². The second-order valence-corrected chi connectivity index (χ2v) is 5.92. The molecule has 1 amide bonds. The molecule has 0 unspecified atom stereocenters. The van der Waals surface area contributed by atoms with E-state index in [2.05, 4.69) is 0 Å². The average molecular weight is 293 g/mol. The normalized spacial score (nSPS) is 20.4. The zero-order valence-corrected chi connectivity index (χ0v) is 12.8. The van der Waals surface area contributed by atoms with E-state index in [-0.39, 0.29) is 12.1 Å². The van der Waals surface area contributed by atoms with Crippen LogP contribution in [0.1, 0.15) is 31.0 Å². The van der Waals surface area contributed by atoms with Gasteiger partial charge in [-0.15, -0.1) is 0 Å². The van der Waals surface area contributed by atoms with Crippen LogP contribution in [0, 0.1) is 0 Å². The number of benzene rings is 2. The van der Waals surface area contributed by atoms with Gasteiger partial charge in [-0.05, 0) is 31.1 Å². The Morgan fingerprint density at radius 1 is 1.00 bits per heavy atom. The Hall–Kier alpha value is -2.55. The quantitative estimate of drug-likeness (QED) is 0.825. The van der Waals surface area contributed by atoms with Gasteiger partial charge >= 0.3 is 6.09 Å². The third kappa shape index (κ3) is 2.75. The third-order valence-electron chi connectivity index (χ3n) is 3.84. The van der Waals surface area contributed by atoms with Gasteiger partial charge in [0.25, 0.3) is 0 Å². The monoisotopic (exact) mass is 293 g/mol. The lowest BCUT2D eigenvalue weighted by molar-refractivity contribution is 0.0679. The van der Waals surface area contributed by atoms with E-state index in [4.69, 9.17) is 4.74 Å². The average Bonchev–Trinajstić information content (AvgIpc) is 2.75. The van der Waals surface area contributed by atoms with Crippen molar-refractivity contribution in [1.82, 2.24) is 4.90 Å². The minimum absolute atomic E-state index is 0.138. The summed E-state index contributed by atoms with van der Waals surface area (Å²) in [5, 5.41) is 0. The summed E-state index contributed by atoms with van der Waals surface area (Å²) in [4.78, 5) is 13.9. The van der Waals surface area contributed by atoms with Crippen LogP contribution in [0.5, 0.6) is 0 Å². The molecule has 2 aromatic rings. The molecule has 1 heterocycles. The zero-order valence-electron chi connectivity index (χ0n) is 12.8. The van der Waals surface area contributed by atoms with Crippen LogP contribution in [0.3, 0.4) is 0 Å². The van der Waals surface area contributed by atoms with Crippen molar-refractivity contribution in [3.05, 3.63) is 78.0 Å². The highest BCUT2D eigenvalue weighted by Gasteiger charge is 2.47. The van der Waals surface area contributed by atoms with E-state index < -0.39 is 5.60 Å². The molecule has 0 bridgehead atoms. The highest BCUT2D eigenvalue weighted by Crippen LogP contribution is 2.41. The number of hydrogen-bond donors (Lipinski definition) is 0. The van der Waals surface area contributed by atoms with Crippen molar-refractivity contribution in [2.75, 3.05) is 0 Å². The van der Waals surface area contributed by atoms with Crippen LogP contribution in [0.25, 0.3) is 6.08 Å². The molecule has 0 aliphatic carbocycles. The topological polar surface area (TPSA) is 29.5 Å². The molecule has 0 aromatic heterocycles. The Kier molecular flexibility index (Phi) is 3.72. The first kappa shape index (κ1) is 14.4. The Morgan fingerprint density at radius 3 is 2.23 bits per heavy atom. The molecule has 1 atom stereocenters. The van der Waals surface area contributed by atoms with Crippen molar-refractivity contribution >= 4 is 12.2 Å². The first-order valence-electron chi connectivity index (χ1n) is 7.37. The first-order chi connectivity index (χ1) is 10.6. The number of carbonyl (C=O) groups is 1. The smallest absolute Gasteiger partial charge is 0.415 e. The number of rotatable bonds is 3. The van der Waals surface area contributed by atoms with Gasteiger partial charge < -0.3 is 4.74 Å². The minimum atomic E-state index is -0.570. The predicted octanol–water partition coefficient (Wildman–Crippen LogP) is 4.63. The molecular weight excluding hydrogens is 274 g/mol. The standard InChI is InChI=1S/C19H19NO2/c1-19(2)17(16-11-7-4-8-12-16)20(18(21)22-19)14-13-15-9-5-3-6-10-15/h3-14,17H,1-2H3/b14-13+/t17-/m0/s1. The van der Waals surface area contributed by atoms with Crippen molar-refractivity contribution < 1.29 is 9.53 Å². The number of hydrogen-bond acceptors (Lipinski definition) is 2. The van der Waals surface area contributed by atoms with E-state index in [9.17, 15) is 4.79 Å². The lowest BCUT2D eigenvalue weighted by Gasteiger charge is -2.27. The molecule has 2 aromatic carbocycles. The van der Waals surface area contributed by atoms with Gasteiger partial charge in [0.15, 0.2) is 0 Å². The van der Waals surface area contributed by atoms with Crippen LogP contribution in [-0.2, 0) is 4.74 Å². The Balaban J connectivity index is 1.94. The molecule has 0 saturated carbocycles. The molecule has 0 radical (unpaired) electrons. The van der Waals surface area contributed by atoms with Gasteiger partial charge in [0.2, 0.25) is 0 Å². The van der Waals surface area contributed by atoms with Gasteiger partial charge in [-0.1, -0.05) is 60.7 Å². The molecule has 1 aliphatic rings. The van der Waals surface area contributed by atoms with E-state index in [1.54, 1.807) is 4.90 Å². The maximum absolute atomic E-state index is 12.2. The SMILES string of the molecule is CC1(C)OC(=O)N(/C=C/c2ccccc2)[C@H]1c1ccccc1. The van der Waals surface area contributed by atoms with Crippen molar-refractivity contribution in [2.24, 2.45) is 0 Å². The van der Waals surface area contributed by atoms with Gasteiger partial charge in [-0.25, -0.2) is 4.79 Å². The zero-order chi connectivity index (χ0) is 15.6. The fraction of sp³-hybridized carbons (Fsp3) is 0.211. The van der Waals surface area contributed by atoms with Gasteiger partial charge in [0.05, 0.1) is 0 Å². The molecule has 0 N–H and O–H groups in total. The van der Waals surface area contributed by atoms with Crippen LogP contribution in [0.4, 0.5) is 4.79 Å². The fourth-order valence-corrected chi connectivity index (χ4v) is 2.85. The number of carbonyl (C=O) groups excluding carboxylic acids is 1. The van der Waals surface area contributed by atoms with Crippen LogP contribution in [-0.4, -0.2) is 16.6 Å². The molecular formula is C19H19NO2. The van der Waals surface area contributed by atoms with Gasteiger partial charge in [-0.2, -0.15) is 0 Å². The van der Waals surface area contributed by atoms with E-state index in [0.29, 0.717) is 0 Å². The molecule has 0 spiro atoms. The Labute approximate surface area is 130 Å². The summed E-state index contributed by atoms with van der Waals surface area (Å²) in [6.07, 6.45) is 3.42. The molecule has 3 nitrogen and oxygen atoms in total. The van der Waals surface area contributed by atoms with Gasteiger partial charge in [0.1, 0.15) is 11.6 Å². The summed E-state index contributed by atoms with van der Waals surface area (Å²) >= 11 is 0. The lowest BCUT2D eigenvalue weighted by Crippen LogP contribution is -2.30. The summed E-state index contributed by atoms with van der Waals surface area (Å²) in [5.41, 5.74) is 1.54. The summed E-state index contributed by atoms with van der Waals surface area (Å²) < 4.78 is 5.55. The third-order valence-corrected chi connectivity index (χ3v) is 3.84. The highest BCUT2D eigenvalue weighted by molar-refractivity contribution is 5.74. The minimum Gasteiger partial charge on any atom is -0.441 e. The summed E-state index contributed by atoms with van der Waals surface area (Å²) in [7, 11) is 0. The maximum atomic E-state index is 12.2. The van der Waals surface area contributed by atoms with E-state index in [1.807, 2.05) is 86.8 Å². The molecule has 1 saturated heterocycles. The van der Waals surface area contributed by atoms with E-state index in [0.717, 1.165) is 11.1 Å². The summed E-state index contributed by atoms with van der Waals surface area (Å²) in [6.45, 7) is 3.89.